The Kier molecular flexibility index (Phi) is 6.25. The number of allylic oxidation sites excluding steroid dienone is 1. The van der Waals surface area contributed by atoms with Gasteiger partial charge in [-0.3, -0.25) is 0 Å². The van der Waals surface area contributed by atoms with Crippen LogP contribution in [0.25, 0.3) is 0 Å². The van der Waals surface area contributed by atoms with Crippen molar-refractivity contribution in [3.05, 3.63) is 114 Å². The lowest BCUT2D eigenvalue weighted by molar-refractivity contribution is -0.143. The van der Waals surface area contributed by atoms with E-state index >= 15 is 0 Å². The van der Waals surface area contributed by atoms with Crippen LogP contribution >= 0.6 is 0 Å². The van der Waals surface area contributed by atoms with Gasteiger partial charge in [-0.25, -0.2) is 9.78 Å². The minimum atomic E-state index is -0.607. The molecule has 0 N–H and O–H groups in total. The number of imidazole rings is 1. The Hall–Kier alpha value is -4.13. The summed E-state index contributed by atoms with van der Waals surface area (Å²) in [4.78, 5) is 23.8. The monoisotopic (exact) mass is 454 g/mol. The molecule has 0 saturated carbocycles. The van der Waals surface area contributed by atoms with E-state index in [1.807, 2.05) is 53.2 Å². The average Bonchev–Trinajstić information content (AvgIpc) is 3.56. The van der Waals surface area contributed by atoms with Crippen molar-refractivity contribution in [3.8, 4) is 5.75 Å². The summed E-state index contributed by atoms with van der Waals surface area (Å²) in [6.45, 7) is 1.75. The Morgan fingerprint density at radius 2 is 1.91 bits per heavy atom. The Bertz CT molecular complexity index is 1290. The van der Waals surface area contributed by atoms with Crippen molar-refractivity contribution < 1.29 is 14.4 Å². The molecule has 0 spiro atoms. The molecule has 4 aromatic rings. The van der Waals surface area contributed by atoms with Crippen molar-refractivity contribution in [2.24, 2.45) is 0 Å². The molecule has 5 rings (SSSR count). The van der Waals surface area contributed by atoms with Gasteiger partial charge in [-0.2, -0.15) is 0 Å². The topological polar surface area (TPSA) is 71.2 Å². The SMILES string of the molecule is CC=C(Oc1cccc2c1CCCC2)C(=O)On1cc(C(c2ccccc2)n2ccnc2)cn1. The van der Waals surface area contributed by atoms with Crippen molar-refractivity contribution in [3.63, 3.8) is 0 Å². The molecule has 1 aliphatic rings. The molecule has 172 valence electrons. The van der Waals surface area contributed by atoms with E-state index in [9.17, 15) is 4.79 Å². The molecule has 1 unspecified atom stereocenters. The molecule has 2 aromatic heterocycles. The van der Waals surface area contributed by atoms with E-state index in [1.54, 1.807) is 37.9 Å². The predicted molar refractivity (Wildman–Crippen MR) is 127 cm³/mol. The number of benzene rings is 2. The Balaban J connectivity index is 1.34. The zero-order valence-electron chi connectivity index (χ0n) is 19.0. The average molecular weight is 455 g/mol. The van der Waals surface area contributed by atoms with E-state index < -0.39 is 5.97 Å². The fourth-order valence-corrected chi connectivity index (χ4v) is 4.41. The Labute approximate surface area is 198 Å². The van der Waals surface area contributed by atoms with Crippen LogP contribution in [0.4, 0.5) is 0 Å². The molecule has 0 amide bonds. The third-order valence-corrected chi connectivity index (χ3v) is 6.05. The lowest BCUT2D eigenvalue weighted by atomic mass is 9.91. The second-order valence-electron chi connectivity index (χ2n) is 8.23. The van der Waals surface area contributed by atoms with E-state index in [0.29, 0.717) is 5.75 Å². The van der Waals surface area contributed by atoms with Crippen LogP contribution < -0.4 is 9.57 Å². The summed E-state index contributed by atoms with van der Waals surface area (Å²) < 4.78 is 8.00. The molecular weight excluding hydrogens is 428 g/mol. The molecule has 0 saturated heterocycles. The molecule has 1 aliphatic carbocycles. The minimum absolute atomic E-state index is 0.130. The van der Waals surface area contributed by atoms with Gasteiger partial charge < -0.3 is 14.1 Å². The predicted octanol–water partition coefficient (Wildman–Crippen LogP) is 4.53. The van der Waals surface area contributed by atoms with E-state index in [4.69, 9.17) is 9.57 Å². The lowest BCUT2D eigenvalue weighted by Gasteiger charge is -2.19. The second kappa shape index (κ2) is 9.79. The number of rotatable bonds is 7. The molecule has 34 heavy (non-hydrogen) atoms. The second-order valence-corrected chi connectivity index (χ2v) is 8.23. The van der Waals surface area contributed by atoms with Gasteiger partial charge in [0.15, 0.2) is 0 Å². The van der Waals surface area contributed by atoms with Crippen molar-refractivity contribution in [1.29, 1.82) is 0 Å². The number of hydrogen-bond donors (Lipinski definition) is 0. The zero-order valence-corrected chi connectivity index (χ0v) is 19.0. The van der Waals surface area contributed by atoms with Crippen LogP contribution in [0.3, 0.4) is 0 Å². The summed E-state index contributed by atoms with van der Waals surface area (Å²) in [7, 11) is 0. The summed E-state index contributed by atoms with van der Waals surface area (Å²) >= 11 is 0. The highest BCUT2D eigenvalue weighted by molar-refractivity contribution is 5.87. The number of nitrogens with zero attached hydrogens (tertiary/aromatic N) is 4. The van der Waals surface area contributed by atoms with Crippen LogP contribution in [0.2, 0.25) is 0 Å². The fraction of sp³-hybridized carbons (Fsp3) is 0.222. The highest BCUT2D eigenvalue weighted by Gasteiger charge is 2.22. The molecule has 7 heteroatoms. The largest absolute Gasteiger partial charge is 0.450 e. The quantitative estimate of drug-likeness (QED) is 0.303. The Morgan fingerprint density at radius 3 is 2.71 bits per heavy atom. The maximum atomic E-state index is 12.9. The van der Waals surface area contributed by atoms with Crippen molar-refractivity contribution in [2.45, 2.75) is 38.6 Å². The molecular formula is C27H26N4O3. The van der Waals surface area contributed by atoms with Crippen molar-refractivity contribution in [2.75, 3.05) is 0 Å². The molecule has 0 aliphatic heterocycles. The van der Waals surface area contributed by atoms with E-state index in [0.717, 1.165) is 30.4 Å². The zero-order chi connectivity index (χ0) is 23.3. The Morgan fingerprint density at radius 1 is 1.06 bits per heavy atom. The lowest BCUT2D eigenvalue weighted by Crippen LogP contribution is -2.24. The molecule has 7 nitrogen and oxygen atoms in total. The van der Waals surface area contributed by atoms with Gasteiger partial charge in [0.2, 0.25) is 5.76 Å². The first-order valence-electron chi connectivity index (χ1n) is 11.5. The summed E-state index contributed by atoms with van der Waals surface area (Å²) in [5.74, 6) is 0.238. The summed E-state index contributed by atoms with van der Waals surface area (Å²) in [6, 6.07) is 15.9. The first-order chi connectivity index (χ1) is 16.7. The van der Waals surface area contributed by atoms with E-state index in [2.05, 4.69) is 16.1 Å². The maximum absolute atomic E-state index is 12.9. The first kappa shape index (κ1) is 21.7. The van der Waals surface area contributed by atoms with Crippen LogP contribution in [0, 0.1) is 0 Å². The van der Waals surface area contributed by atoms with Crippen LogP contribution in [0.1, 0.15) is 48.1 Å². The highest BCUT2D eigenvalue weighted by Crippen LogP contribution is 2.31. The third-order valence-electron chi connectivity index (χ3n) is 6.05. The molecule has 0 radical (unpaired) electrons. The highest BCUT2D eigenvalue weighted by atomic mass is 16.7. The van der Waals surface area contributed by atoms with Gasteiger partial charge in [-0.1, -0.05) is 47.3 Å². The molecule has 0 fully saturated rings. The van der Waals surface area contributed by atoms with Crippen molar-refractivity contribution in [1.82, 2.24) is 19.5 Å². The number of fused-ring (bicyclic) bond motifs is 1. The summed E-state index contributed by atoms with van der Waals surface area (Å²) in [5, 5.41) is 4.26. The number of carbonyl (C=O) groups excluding carboxylic acids is 1. The molecule has 2 aromatic carbocycles. The number of carbonyl (C=O) groups is 1. The van der Waals surface area contributed by atoms with Gasteiger partial charge >= 0.3 is 5.97 Å². The van der Waals surface area contributed by atoms with Crippen LogP contribution in [0.5, 0.6) is 5.75 Å². The number of hydrogen-bond acceptors (Lipinski definition) is 5. The normalized spacial score (nSPS) is 14.3. The van der Waals surface area contributed by atoms with Gasteiger partial charge in [0.1, 0.15) is 5.75 Å². The molecule has 1 atom stereocenters. The van der Waals surface area contributed by atoms with E-state index in [-0.39, 0.29) is 11.8 Å². The molecule has 2 heterocycles. The van der Waals surface area contributed by atoms with Crippen LogP contribution in [-0.4, -0.2) is 25.5 Å². The van der Waals surface area contributed by atoms with Crippen LogP contribution in [-0.2, 0) is 17.6 Å². The fourth-order valence-electron chi connectivity index (χ4n) is 4.41. The van der Waals surface area contributed by atoms with Gasteiger partial charge in [0.25, 0.3) is 0 Å². The van der Waals surface area contributed by atoms with Gasteiger partial charge in [0, 0.05) is 18.0 Å². The standard InChI is InChI=1S/C27H26N4O3/c1-2-24(33-25-14-8-12-20-9-6-7-13-23(20)25)27(32)34-31-18-22(17-29-31)26(30-16-15-28-19-30)21-10-4-3-5-11-21/h2-5,8,10-12,14-19,26H,6-7,9,13H2,1H3. The third kappa shape index (κ3) is 4.50. The van der Waals surface area contributed by atoms with Crippen LogP contribution in [0.15, 0.2) is 91.5 Å². The number of aryl methyl sites for hydroxylation is 1. The number of ether oxygens (including phenoxy) is 1. The first-order valence-corrected chi connectivity index (χ1v) is 11.5. The minimum Gasteiger partial charge on any atom is -0.450 e. The summed E-state index contributed by atoms with van der Waals surface area (Å²) in [6.07, 6.45) is 14.7. The van der Waals surface area contributed by atoms with Gasteiger partial charge in [0.05, 0.1) is 24.8 Å². The van der Waals surface area contributed by atoms with Crippen molar-refractivity contribution >= 4 is 5.97 Å². The van der Waals surface area contributed by atoms with Gasteiger partial charge in [-0.05, 0) is 61.4 Å². The molecule has 0 bridgehead atoms. The number of aromatic nitrogens is 4. The summed E-state index contributed by atoms with van der Waals surface area (Å²) in [5.41, 5.74) is 4.39. The van der Waals surface area contributed by atoms with Gasteiger partial charge in [-0.15, -0.1) is 5.10 Å². The maximum Gasteiger partial charge on any atom is 0.400 e. The smallest absolute Gasteiger partial charge is 0.400 e. The van der Waals surface area contributed by atoms with E-state index in [1.165, 1.54) is 22.4 Å².